The second-order valence-electron chi connectivity index (χ2n) is 7.93. The number of hydrogen-bond acceptors (Lipinski definition) is 5. The molecule has 0 bridgehead atoms. The quantitative estimate of drug-likeness (QED) is 0.603. The molecule has 3 aromatic rings. The van der Waals surface area contributed by atoms with Gasteiger partial charge in [-0.2, -0.15) is 4.31 Å². The third-order valence-electron chi connectivity index (χ3n) is 5.64. The number of amides is 1. The number of rotatable bonds is 5. The molecular weight excluding hydrogens is 418 g/mol. The maximum Gasteiger partial charge on any atom is 0.420 e. The Morgan fingerprint density at radius 2 is 1.65 bits per heavy atom. The van der Waals surface area contributed by atoms with Gasteiger partial charge in [0.1, 0.15) is 6.54 Å². The van der Waals surface area contributed by atoms with Crippen LogP contribution in [-0.2, 0) is 21.4 Å². The molecule has 2 heterocycles. The van der Waals surface area contributed by atoms with E-state index < -0.39 is 15.8 Å². The molecule has 1 aliphatic rings. The molecule has 8 nitrogen and oxygen atoms in total. The molecule has 0 atom stereocenters. The van der Waals surface area contributed by atoms with Crippen LogP contribution < -0.4 is 5.76 Å². The summed E-state index contributed by atoms with van der Waals surface area (Å²) in [5, 5.41) is 0. The van der Waals surface area contributed by atoms with Crippen LogP contribution in [0.15, 0.2) is 62.6 Å². The Kier molecular flexibility index (Phi) is 5.72. The van der Waals surface area contributed by atoms with Crippen molar-refractivity contribution in [2.45, 2.75) is 31.2 Å². The maximum absolute atomic E-state index is 13.0. The zero-order valence-corrected chi connectivity index (χ0v) is 18.3. The van der Waals surface area contributed by atoms with Gasteiger partial charge >= 0.3 is 5.76 Å². The molecule has 4 rings (SSSR count). The fraction of sp³-hybridized carbons (Fsp3) is 0.364. The molecule has 0 spiro atoms. The minimum absolute atomic E-state index is 0.140. The van der Waals surface area contributed by atoms with Crippen molar-refractivity contribution in [2.24, 2.45) is 0 Å². The Morgan fingerprint density at radius 3 is 2.29 bits per heavy atom. The number of oxazole rings is 1. The number of para-hydroxylation sites is 2. The summed E-state index contributed by atoms with van der Waals surface area (Å²) in [4.78, 5) is 26.7. The standard InChI is InChI=1S/C22H25N3O5S/c1-16(2)17-7-9-18(10-8-17)31(28,29)24-13-11-23(12-14-24)21(26)15-25-19-5-3-4-6-20(19)30-22(25)27/h3-10,16H,11-15H2,1-2H3. The highest BCUT2D eigenvalue weighted by molar-refractivity contribution is 7.89. The maximum atomic E-state index is 13.0. The summed E-state index contributed by atoms with van der Waals surface area (Å²) in [6, 6.07) is 13.9. The highest BCUT2D eigenvalue weighted by Crippen LogP contribution is 2.21. The zero-order valence-electron chi connectivity index (χ0n) is 17.5. The first-order chi connectivity index (χ1) is 14.8. The molecule has 0 saturated carbocycles. The van der Waals surface area contributed by atoms with E-state index in [0.29, 0.717) is 17.0 Å². The summed E-state index contributed by atoms with van der Waals surface area (Å²) in [7, 11) is -3.61. The van der Waals surface area contributed by atoms with Gasteiger partial charge in [0.25, 0.3) is 0 Å². The number of piperazine rings is 1. The Balaban J connectivity index is 1.42. The van der Waals surface area contributed by atoms with E-state index in [2.05, 4.69) is 13.8 Å². The van der Waals surface area contributed by atoms with Crippen molar-refractivity contribution in [3.05, 3.63) is 64.6 Å². The normalized spacial score (nSPS) is 15.6. The minimum Gasteiger partial charge on any atom is -0.408 e. The molecule has 1 amide bonds. The molecule has 164 valence electrons. The average molecular weight is 444 g/mol. The second-order valence-corrected chi connectivity index (χ2v) is 9.87. The van der Waals surface area contributed by atoms with E-state index in [4.69, 9.17) is 4.42 Å². The van der Waals surface area contributed by atoms with Crippen LogP contribution in [0.3, 0.4) is 0 Å². The van der Waals surface area contributed by atoms with Crippen LogP contribution in [0.2, 0.25) is 0 Å². The molecule has 2 aromatic carbocycles. The first-order valence-corrected chi connectivity index (χ1v) is 11.7. The smallest absolute Gasteiger partial charge is 0.408 e. The van der Waals surface area contributed by atoms with Gasteiger partial charge in [-0.05, 0) is 35.7 Å². The molecule has 0 radical (unpaired) electrons. The van der Waals surface area contributed by atoms with Crippen LogP contribution in [0.25, 0.3) is 11.1 Å². The molecule has 1 saturated heterocycles. The largest absolute Gasteiger partial charge is 0.420 e. The van der Waals surface area contributed by atoms with Crippen molar-refractivity contribution in [2.75, 3.05) is 26.2 Å². The van der Waals surface area contributed by atoms with E-state index in [1.54, 1.807) is 41.3 Å². The van der Waals surface area contributed by atoms with Gasteiger partial charge in [0.05, 0.1) is 10.4 Å². The van der Waals surface area contributed by atoms with Gasteiger partial charge in [0, 0.05) is 26.2 Å². The van der Waals surface area contributed by atoms with E-state index >= 15 is 0 Å². The molecular formula is C22H25N3O5S. The lowest BCUT2D eigenvalue weighted by molar-refractivity contribution is -0.133. The highest BCUT2D eigenvalue weighted by Gasteiger charge is 2.30. The van der Waals surface area contributed by atoms with Crippen LogP contribution in [0.5, 0.6) is 0 Å². The van der Waals surface area contributed by atoms with E-state index in [-0.39, 0.29) is 43.5 Å². The number of aromatic nitrogens is 1. The van der Waals surface area contributed by atoms with Crippen molar-refractivity contribution < 1.29 is 17.6 Å². The predicted octanol–water partition coefficient (Wildman–Crippen LogP) is 2.25. The Labute approximate surface area is 180 Å². The monoisotopic (exact) mass is 443 g/mol. The Morgan fingerprint density at radius 1 is 1.00 bits per heavy atom. The first-order valence-electron chi connectivity index (χ1n) is 10.2. The molecule has 1 aliphatic heterocycles. The molecule has 1 aromatic heterocycles. The molecule has 0 N–H and O–H groups in total. The summed E-state index contributed by atoms with van der Waals surface area (Å²) < 4.78 is 33.8. The molecule has 9 heteroatoms. The van der Waals surface area contributed by atoms with Crippen molar-refractivity contribution >= 4 is 27.0 Å². The topological polar surface area (TPSA) is 92.8 Å². The van der Waals surface area contributed by atoms with Crippen molar-refractivity contribution in [1.29, 1.82) is 0 Å². The minimum atomic E-state index is -3.61. The van der Waals surface area contributed by atoms with Gasteiger partial charge < -0.3 is 9.32 Å². The van der Waals surface area contributed by atoms with E-state index in [0.717, 1.165) is 5.56 Å². The third kappa shape index (κ3) is 4.15. The van der Waals surface area contributed by atoms with Crippen molar-refractivity contribution in [3.8, 4) is 0 Å². The summed E-state index contributed by atoms with van der Waals surface area (Å²) in [5.41, 5.74) is 2.07. The van der Waals surface area contributed by atoms with Crippen LogP contribution in [-0.4, -0.2) is 54.3 Å². The number of nitrogens with zero attached hydrogens (tertiary/aromatic N) is 3. The van der Waals surface area contributed by atoms with Crippen LogP contribution in [0, 0.1) is 0 Å². The van der Waals surface area contributed by atoms with Gasteiger partial charge in [0.15, 0.2) is 5.58 Å². The number of hydrogen-bond donors (Lipinski definition) is 0. The SMILES string of the molecule is CC(C)c1ccc(S(=O)(=O)N2CCN(C(=O)Cn3c(=O)oc4ccccc43)CC2)cc1. The highest BCUT2D eigenvalue weighted by atomic mass is 32.2. The van der Waals surface area contributed by atoms with Crippen LogP contribution >= 0.6 is 0 Å². The van der Waals surface area contributed by atoms with Gasteiger partial charge in [-0.25, -0.2) is 13.2 Å². The number of benzene rings is 2. The van der Waals surface area contributed by atoms with Gasteiger partial charge in [-0.1, -0.05) is 38.1 Å². The number of sulfonamides is 1. The summed E-state index contributed by atoms with van der Waals surface area (Å²) >= 11 is 0. The van der Waals surface area contributed by atoms with Gasteiger partial charge in [-0.15, -0.1) is 0 Å². The molecule has 1 fully saturated rings. The predicted molar refractivity (Wildman–Crippen MR) is 116 cm³/mol. The van der Waals surface area contributed by atoms with Crippen LogP contribution in [0.4, 0.5) is 0 Å². The molecule has 0 unspecified atom stereocenters. The number of fused-ring (bicyclic) bond motifs is 1. The van der Waals surface area contributed by atoms with Crippen molar-refractivity contribution in [3.63, 3.8) is 0 Å². The lowest BCUT2D eigenvalue weighted by Crippen LogP contribution is -2.51. The summed E-state index contributed by atoms with van der Waals surface area (Å²) in [5.74, 6) is -0.501. The van der Waals surface area contributed by atoms with Gasteiger partial charge in [-0.3, -0.25) is 9.36 Å². The zero-order chi connectivity index (χ0) is 22.2. The summed E-state index contributed by atoms with van der Waals surface area (Å²) in [6.45, 7) is 4.93. The van der Waals surface area contributed by atoms with E-state index in [1.807, 2.05) is 12.1 Å². The average Bonchev–Trinajstić information content (AvgIpc) is 3.09. The van der Waals surface area contributed by atoms with E-state index in [9.17, 15) is 18.0 Å². The fourth-order valence-electron chi connectivity index (χ4n) is 3.75. The summed E-state index contributed by atoms with van der Waals surface area (Å²) in [6.07, 6.45) is 0. The Hall–Kier alpha value is -2.91. The third-order valence-corrected chi connectivity index (χ3v) is 7.56. The molecule has 31 heavy (non-hydrogen) atoms. The lowest BCUT2D eigenvalue weighted by atomic mass is 10.0. The number of carbonyl (C=O) groups is 1. The van der Waals surface area contributed by atoms with Crippen molar-refractivity contribution in [1.82, 2.24) is 13.8 Å². The number of carbonyl (C=O) groups excluding carboxylic acids is 1. The molecule has 0 aliphatic carbocycles. The Bertz CT molecular complexity index is 1250. The fourth-order valence-corrected chi connectivity index (χ4v) is 5.17. The van der Waals surface area contributed by atoms with Crippen LogP contribution in [0.1, 0.15) is 25.3 Å². The second kappa shape index (κ2) is 8.32. The van der Waals surface area contributed by atoms with E-state index in [1.165, 1.54) is 8.87 Å². The lowest BCUT2D eigenvalue weighted by Gasteiger charge is -2.34. The first kappa shape index (κ1) is 21.3. The van der Waals surface area contributed by atoms with Gasteiger partial charge in [0.2, 0.25) is 15.9 Å².